The SMILES string of the molecule is S=C1N[C@@H](c2ccccn2)[C@H](c2cccn2-c2ccc(Cl)cc2Cl)N1C1CCCCC1. The Morgan fingerprint density at radius 2 is 1.84 bits per heavy atom. The summed E-state index contributed by atoms with van der Waals surface area (Å²) in [5, 5.41) is 5.64. The molecule has 1 aromatic carbocycles. The molecule has 1 saturated heterocycles. The van der Waals surface area contributed by atoms with Crippen molar-refractivity contribution in [2.75, 3.05) is 0 Å². The molecule has 5 rings (SSSR count). The number of aromatic nitrogens is 2. The van der Waals surface area contributed by atoms with Gasteiger partial charge in [0.05, 0.1) is 28.5 Å². The van der Waals surface area contributed by atoms with Gasteiger partial charge in [0.1, 0.15) is 0 Å². The molecule has 31 heavy (non-hydrogen) atoms. The van der Waals surface area contributed by atoms with Gasteiger partial charge < -0.3 is 14.8 Å². The third-order valence-electron chi connectivity index (χ3n) is 6.36. The van der Waals surface area contributed by atoms with Crippen molar-refractivity contribution in [3.05, 3.63) is 82.4 Å². The van der Waals surface area contributed by atoms with Gasteiger partial charge in [-0.2, -0.15) is 0 Å². The monoisotopic (exact) mass is 470 g/mol. The zero-order valence-electron chi connectivity index (χ0n) is 17.0. The van der Waals surface area contributed by atoms with E-state index >= 15 is 0 Å². The first kappa shape index (κ1) is 20.8. The molecule has 0 amide bonds. The van der Waals surface area contributed by atoms with Crippen molar-refractivity contribution in [1.29, 1.82) is 0 Å². The molecule has 2 aromatic heterocycles. The molecule has 0 bridgehead atoms. The van der Waals surface area contributed by atoms with E-state index in [0.717, 1.165) is 35.0 Å². The molecule has 2 atom stereocenters. The Morgan fingerprint density at radius 1 is 1.00 bits per heavy atom. The Kier molecular flexibility index (Phi) is 5.91. The lowest BCUT2D eigenvalue weighted by molar-refractivity contribution is 0.193. The molecule has 0 unspecified atom stereocenters. The van der Waals surface area contributed by atoms with Gasteiger partial charge >= 0.3 is 0 Å². The standard InChI is InChI=1S/C24H24Cl2N4S/c25-16-11-12-20(18(26)15-16)29-14-6-10-21(29)23-22(19-9-4-5-13-27-19)28-24(31)30(23)17-7-2-1-3-8-17/h4-6,9-15,17,22-23H,1-3,7-8H2,(H,28,31)/t22-,23-/m0/s1. The number of nitrogens with zero attached hydrogens (tertiary/aromatic N) is 3. The average Bonchev–Trinajstić information content (AvgIpc) is 3.39. The van der Waals surface area contributed by atoms with Crippen LogP contribution in [0.3, 0.4) is 0 Å². The molecule has 3 heterocycles. The van der Waals surface area contributed by atoms with E-state index in [1.807, 2.05) is 30.5 Å². The lowest BCUT2D eigenvalue weighted by Crippen LogP contribution is -2.40. The summed E-state index contributed by atoms with van der Waals surface area (Å²) in [7, 11) is 0. The predicted molar refractivity (Wildman–Crippen MR) is 130 cm³/mol. The van der Waals surface area contributed by atoms with Gasteiger partial charge in [-0.3, -0.25) is 4.98 Å². The van der Waals surface area contributed by atoms with Crippen LogP contribution in [0.5, 0.6) is 0 Å². The van der Waals surface area contributed by atoms with E-state index in [2.05, 4.69) is 44.2 Å². The van der Waals surface area contributed by atoms with Crippen LogP contribution in [0.25, 0.3) is 5.69 Å². The van der Waals surface area contributed by atoms with Crippen LogP contribution >= 0.6 is 35.4 Å². The number of thiocarbonyl (C=S) groups is 1. The van der Waals surface area contributed by atoms with Crippen molar-refractivity contribution in [1.82, 2.24) is 19.8 Å². The molecule has 1 N–H and O–H groups in total. The molecule has 1 aliphatic carbocycles. The minimum Gasteiger partial charge on any atom is -0.352 e. The van der Waals surface area contributed by atoms with Gasteiger partial charge in [0.25, 0.3) is 0 Å². The molecule has 4 nitrogen and oxygen atoms in total. The summed E-state index contributed by atoms with van der Waals surface area (Å²) in [6, 6.07) is 16.3. The summed E-state index contributed by atoms with van der Waals surface area (Å²) in [5.41, 5.74) is 3.04. The second-order valence-corrected chi connectivity index (χ2v) is 9.45. The van der Waals surface area contributed by atoms with Crippen molar-refractivity contribution in [2.45, 2.75) is 50.2 Å². The summed E-state index contributed by atoms with van der Waals surface area (Å²) in [4.78, 5) is 7.09. The maximum Gasteiger partial charge on any atom is 0.170 e. The maximum atomic E-state index is 6.59. The second-order valence-electron chi connectivity index (χ2n) is 8.22. The first-order valence-electron chi connectivity index (χ1n) is 10.8. The summed E-state index contributed by atoms with van der Waals surface area (Å²) in [5.74, 6) is 0. The fourth-order valence-corrected chi connectivity index (χ4v) is 5.85. The lowest BCUT2D eigenvalue weighted by atomic mass is 9.92. The van der Waals surface area contributed by atoms with E-state index in [1.54, 1.807) is 6.07 Å². The van der Waals surface area contributed by atoms with Gasteiger partial charge in [-0.05, 0) is 67.5 Å². The second kappa shape index (κ2) is 8.81. The Hall–Kier alpha value is -2.08. The molecule has 0 spiro atoms. The number of halogens is 2. The van der Waals surface area contributed by atoms with Crippen molar-refractivity contribution in [2.24, 2.45) is 0 Å². The van der Waals surface area contributed by atoms with Crippen molar-refractivity contribution in [3.63, 3.8) is 0 Å². The molecule has 2 fully saturated rings. The van der Waals surface area contributed by atoms with Crippen LogP contribution in [0, 0.1) is 0 Å². The molecule has 1 saturated carbocycles. The predicted octanol–water partition coefficient (Wildman–Crippen LogP) is 6.48. The fourth-order valence-electron chi connectivity index (χ4n) is 4.97. The van der Waals surface area contributed by atoms with Crippen LogP contribution in [0.2, 0.25) is 10.0 Å². The third kappa shape index (κ3) is 3.95. The highest BCUT2D eigenvalue weighted by Crippen LogP contribution is 2.43. The van der Waals surface area contributed by atoms with Crippen LogP contribution in [0.1, 0.15) is 55.6 Å². The number of rotatable bonds is 4. The van der Waals surface area contributed by atoms with Gasteiger partial charge in [-0.15, -0.1) is 0 Å². The molecule has 3 aromatic rings. The molecule has 1 aliphatic heterocycles. The average molecular weight is 471 g/mol. The van der Waals surface area contributed by atoms with E-state index in [4.69, 9.17) is 35.4 Å². The van der Waals surface area contributed by atoms with Gasteiger partial charge in [0.2, 0.25) is 0 Å². The van der Waals surface area contributed by atoms with E-state index < -0.39 is 0 Å². The largest absolute Gasteiger partial charge is 0.352 e. The zero-order valence-corrected chi connectivity index (χ0v) is 19.4. The molecular formula is C24H24Cl2N4S. The highest BCUT2D eigenvalue weighted by atomic mass is 35.5. The van der Waals surface area contributed by atoms with Crippen LogP contribution in [-0.4, -0.2) is 25.6 Å². The number of hydrogen-bond acceptors (Lipinski definition) is 2. The molecular weight excluding hydrogens is 447 g/mol. The van der Waals surface area contributed by atoms with Gasteiger partial charge in [-0.1, -0.05) is 48.5 Å². The quantitative estimate of drug-likeness (QED) is 0.442. The van der Waals surface area contributed by atoms with Crippen LogP contribution in [0.15, 0.2) is 60.9 Å². The van der Waals surface area contributed by atoms with Crippen LogP contribution in [0.4, 0.5) is 0 Å². The minimum absolute atomic E-state index is 0.0206. The van der Waals surface area contributed by atoms with Crippen molar-refractivity contribution >= 4 is 40.5 Å². The van der Waals surface area contributed by atoms with E-state index in [-0.39, 0.29) is 12.1 Å². The van der Waals surface area contributed by atoms with E-state index in [9.17, 15) is 0 Å². The van der Waals surface area contributed by atoms with Gasteiger partial charge in [0.15, 0.2) is 5.11 Å². The van der Waals surface area contributed by atoms with E-state index in [0.29, 0.717) is 16.1 Å². The fraction of sp³-hybridized carbons (Fsp3) is 0.333. The number of hydrogen-bond donors (Lipinski definition) is 1. The Labute approximate surface area is 198 Å². The highest BCUT2D eigenvalue weighted by Gasteiger charge is 2.44. The van der Waals surface area contributed by atoms with Crippen molar-refractivity contribution < 1.29 is 0 Å². The molecule has 2 aliphatic rings. The summed E-state index contributed by atoms with van der Waals surface area (Å²) >= 11 is 18.6. The maximum absolute atomic E-state index is 6.59. The van der Waals surface area contributed by atoms with Gasteiger partial charge in [-0.25, -0.2) is 0 Å². The summed E-state index contributed by atoms with van der Waals surface area (Å²) in [6.07, 6.45) is 10.0. The highest BCUT2D eigenvalue weighted by molar-refractivity contribution is 7.80. The molecule has 7 heteroatoms. The topological polar surface area (TPSA) is 33.1 Å². The number of benzene rings is 1. The zero-order chi connectivity index (χ0) is 21.4. The van der Waals surface area contributed by atoms with Crippen LogP contribution in [-0.2, 0) is 0 Å². The van der Waals surface area contributed by atoms with Crippen LogP contribution < -0.4 is 5.32 Å². The Balaban J connectivity index is 1.62. The summed E-state index contributed by atoms with van der Waals surface area (Å²) < 4.78 is 2.16. The first-order chi connectivity index (χ1) is 15.1. The summed E-state index contributed by atoms with van der Waals surface area (Å²) in [6.45, 7) is 0. The Bertz CT molecular complexity index is 1080. The number of nitrogens with one attached hydrogen (secondary N) is 1. The first-order valence-corrected chi connectivity index (χ1v) is 11.9. The van der Waals surface area contributed by atoms with E-state index in [1.165, 1.54) is 19.3 Å². The molecule has 0 radical (unpaired) electrons. The smallest absolute Gasteiger partial charge is 0.170 e. The minimum atomic E-state index is -0.0321. The number of pyridine rings is 1. The molecule has 160 valence electrons. The third-order valence-corrected chi connectivity index (χ3v) is 7.22. The normalized spacial score (nSPS) is 22.0. The van der Waals surface area contributed by atoms with Crippen molar-refractivity contribution in [3.8, 4) is 5.69 Å². The Morgan fingerprint density at radius 3 is 2.58 bits per heavy atom. The van der Waals surface area contributed by atoms with Gasteiger partial charge in [0, 0.05) is 29.2 Å². The lowest BCUT2D eigenvalue weighted by Gasteiger charge is -2.37.